The zero-order chi connectivity index (χ0) is 17.6. The van der Waals surface area contributed by atoms with E-state index in [1.165, 1.54) is 0 Å². The molecular formula is C19H20N4OS. The van der Waals surface area contributed by atoms with E-state index < -0.39 is 0 Å². The SMILES string of the molecule is Cc1cc(C(=O)N2CCSc3ccccc32)c2cnn(C(C)C)c2n1. The van der Waals surface area contributed by atoms with E-state index in [-0.39, 0.29) is 11.9 Å². The average molecular weight is 352 g/mol. The smallest absolute Gasteiger partial charge is 0.259 e. The van der Waals surface area contributed by atoms with Crippen molar-refractivity contribution in [1.29, 1.82) is 0 Å². The Morgan fingerprint density at radius 2 is 2.08 bits per heavy atom. The van der Waals surface area contributed by atoms with Crippen molar-refractivity contribution in [3.8, 4) is 0 Å². The van der Waals surface area contributed by atoms with Crippen LogP contribution in [0, 0.1) is 6.92 Å². The first-order valence-electron chi connectivity index (χ1n) is 8.45. The number of amides is 1. The summed E-state index contributed by atoms with van der Waals surface area (Å²) in [7, 11) is 0. The predicted molar refractivity (Wildman–Crippen MR) is 101 cm³/mol. The molecule has 3 heterocycles. The van der Waals surface area contributed by atoms with Crippen LogP contribution < -0.4 is 4.90 Å². The van der Waals surface area contributed by atoms with E-state index in [4.69, 9.17) is 0 Å². The lowest BCUT2D eigenvalue weighted by atomic mass is 10.1. The lowest BCUT2D eigenvalue weighted by Crippen LogP contribution is -2.35. The third-order valence-electron chi connectivity index (χ3n) is 4.39. The van der Waals surface area contributed by atoms with Gasteiger partial charge in [-0.25, -0.2) is 9.67 Å². The van der Waals surface area contributed by atoms with E-state index >= 15 is 0 Å². The van der Waals surface area contributed by atoms with Gasteiger partial charge in [0.1, 0.15) is 0 Å². The molecular weight excluding hydrogens is 332 g/mol. The fourth-order valence-corrected chi connectivity index (χ4v) is 4.22. The normalized spacial score (nSPS) is 14.2. The first-order chi connectivity index (χ1) is 12.1. The Bertz CT molecular complexity index is 963. The van der Waals surface area contributed by atoms with E-state index in [9.17, 15) is 4.79 Å². The number of aryl methyl sites for hydroxylation is 1. The molecule has 4 rings (SSSR count). The molecule has 25 heavy (non-hydrogen) atoms. The predicted octanol–water partition coefficient (Wildman–Crippen LogP) is 4.07. The number of aromatic nitrogens is 3. The highest BCUT2D eigenvalue weighted by molar-refractivity contribution is 7.99. The second-order valence-corrected chi connectivity index (χ2v) is 7.64. The van der Waals surface area contributed by atoms with Crippen molar-refractivity contribution in [3.63, 3.8) is 0 Å². The highest BCUT2D eigenvalue weighted by atomic mass is 32.2. The minimum absolute atomic E-state index is 0.0200. The maximum atomic E-state index is 13.4. The highest BCUT2D eigenvalue weighted by Crippen LogP contribution is 2.35. The standard InChI is InChI=1S/C19H20N4OS/c1-12(2)23-18-15(11-20-23)14(10-13(3)21-18)19(24)22-8-9-25-17-7-5-4-6-16(17)22/h4-7,10-12H,8-9H2,1-3H3. The van der Waals surface area contributed by atoms with Gasteiger partial charge in [0.25, 0.3) is 5.91 Å². The summed E-state index contributed by atoms with van der Waals surface area (Å²) in [4.78, 5) is 21.0. The summed E-state index contributed by atoms with van der Waals surface area (Å²) in [5.41, 5.74) is 3.27. The Labute approximate surface area is 151 Å². The number of benzene rings is 1. The minimum Gasteiger partial charge on any atom is -0.306 e. The Morgan fingerprint density at radius 3 is 2.88 bits per heavy atom. The Kier molecular flexibility index (Phi) is 4.00. The van der Waals surface area contributed by atoms with Crippen LogP contribution in [-0.4, -0.2) is 33.0 Å². The molecule has 0 saturated heterocycles. The van der Waals surface area contributed by atoms with Gasteiger partial charge in [-0.1, -0.05) is 12.1 Å². The van der Waals surface area contributed by atoms with Crippen molar-refractivity contribution >= 4 is 34.4 Å². The molecule has 0 fully saturated rings. The number of fused-ring (bicyclic) bond motifs is 2. The van der Waals surface area contributed by atoms with E-state index in [0.717, 1.165) is 33.1 Å². The van der Waals surface area contributed by atoms with Gasteiger partial charge in [0, 0.05) is 28.9 Å². The van der Waals surface area contributed by atoms with Crippen molar-refractivity contribution in [2.75, 3.05) is 17.2 Å². The number of rotatable bonds is 2. The number of hydrogen-bond acceptors (Lipinski definition) is 4. The van der Waals surface area contributed by atoms with Gasteiger partial charge in [-0.3, -0.25) is 4.79 Å². The third kappa shape index (κ3) is 2.70. The van der Waals surface area contributed by atoms with Crippen LogP contribution in [0.25, 0.3) is 11.0 Å². The van der Waals surface area contributed by atoms with E-state index in [2.05, 4.69) is 30.0 Å². The van der Waals surface area contributed by atoms with E-state index in [0.29, 0.717) is 12.1 Å². The van der Waals surface area contributed by atoms with Crippen LogP contribution in [0.5, 0.6) is 0 Å². The van der Waals surface area contributed by atoms with Gasteiger partial charge in [0.05, 0.1) is 22.8 Å². The number of carbonyl (C=O) groups is 1. The summed E-state index contributed by atoms with van der Waals surface area (Å²) in [6.45, 7) is 6.77. The van der Waals surface area contributed by atoms with Crippen LogP contribution in [0.4, 0.5) is 5.69 Å². The van der Waals surface area contributed by atoms with Gasteiger partial charge in [-0.15, -0.1) is 11.8 Å². The molecule has 0 spiro atoms. The zero-order valence-corrected chi connectivity index (χ0v) is 15.4. The summed E-state index contributed by atoms with van der Waals surface area (Å²) in [6, 6.07) is 10.2. The first kappa shape index (κ1) is 16.1. The molecule has 6 heteroatoms. The monoisotopic (exact) mass is 352 g/mol. The molecule has 1 aliphatic rings. The van der Waals surface area contributed by atoms with Crippen LogP contribution in [0.3, 0.4) is 0 Å². The molecule has 3 aromatic rings. The number of carbonyl (C=O) groups excluding carboxylic acids is 1. The number of anilines is 1. The van der Waals surface area contributed by atoms with Crippen molar-refractivity contribution in [2.24, 2.45) is 0 Å². The van der Waals surface area contributed by atoms with E-state index in [1.54, 1.807) is 18.0 Å². The molecule has 0 bridgehead atoms. The largest absolute Gasteiger partial charge is 0.306 e. The average Bonchev–Trinajstić information content (AvgIpc) is 3.04. The highest BCUT2D eigenvalue weighted by Gasteiger charge is 2.26. The molecule has 1 amide bonds. The fraction of sp³-hybridized carbons (Fsp3) is 0.316. The molecule has 2 aromatic heterocycles. The summed E-state index contributed by atoms with van der Waals surface area (Å²) >= 11 is 1.80. The first-order valence-corrected chi connectivity index (χ1v) is 9.43. The molecule has 0 saturated carbocycles. The fourth-order valence-electron chi connectivity index (χ4n) is 3.22. The molecule has 128 valence electrons. The maximum Gasteiger partial charge on any atom is 0.259 e. The maximum absolute atomic E-state index is 13.4. The summed E-state index contributed by atoms with van der Waals surface area (Å²) in [5.74, 6) is 0.924. The molecule has 0 radical (unpaired) electrons. The van der Waals surface area contributed by atoms with Crippen LogP contribution in [-0.2, 0) is 0 Å². The summed E-state index contributed by atoms with van der Waals surface area (Å²) in [5, 5.41) is 5.27. The van der Waals surface area contributed by atoms with Crippen molar-refractivity contribution in [2.45, 2.75) is 31.7 Å². The lowest BCUT2D eigenvalue weighted by Gasteiger charge is -2.29. The molecule has 0 aliphatic carbocycles. The minimum atomic E-state index is 0.0200. The van der Waals surface area contributed by atoms with Crippen LogP contribution in [0.1, 0.15) is 35.9 Å². The van der Waals surface area contributed by atoms with Crippen LogP contribution in [0.2, 0.25) is 0 Å². The number of thioether (sulfide) groups is 1. The lowest BCUT2D eigenvalue weighted by molar-refractivity contribution is 0.0989. The number of hydrogen-bond donors (Lipinski definition) is 0. The van der Waals surface area contributed by atoms with E-state index in [1.807, 2.05) is 40.8 Å². The van der Waals surface area contributed by atoms with Gasteiger partial charge in [0.15, 0.2) is 5.65 Å². The summed E-state index contributed by atoms with van der Waals surface area (Å²) < 4.78 is 1.87. The second kappa shape index (κ2) is 6.19. The van der Waals surface area contributed by atoms with Crippen molar-refractivity contribution < 1.29 is 4.79 Å². The van der Waals surface area contributed by atoms with Gasteiger partial charge < -0.3 is 4.90 Å². The topological polar surface area (TPSA) is 51.0 Å². The molecule has 0 atom stereocenters. The Hall–Kier alpha value is -2.34. The van der Waals surface area contributed by atoms with Gasteiger partial charge in [-0.2, -0.15) is 5.10 Å². The van der Waals surface area contributed by atoms with Gasteiger partial charge in [0.2, 0.25) is 0 Å². The zero-order valence-electron chi connectivity index (χ0n) is 14.6. The van der Waals surface area contributed by atoms with Crippen LogP contribution >= 0.6 is 11.8 Å². The molecule has 1 aromatic carbocycles. The molecule has 5 nitrogen and oxygen atoms in total. The summed E-state index contributed by atoms with van der Waals surface area (Å²) in [6.07, 6.45) is 1.76. The quantitative estimate of drug-likeness (QED) is 0.697. The van der Waals surface area contributed by atoms with Crippen LogP contribution in [0.15, 0.2) is 41.4 Å². The van der Waals surface area contributed by atoms with Crippen molar-refractivity contribution in [3.05, 3.63) is 47.8 Å². The second-order valence-electron chi connectivity index (χ2n) is 6.50. The number of para-hydroxylation sites is 1. The Balaban J connectivity index is 1.84. The number of nitrogens with zero attached hydrogens (tertiary/aromatic N) is 4. The van der Waals surface area contributed by atoms with Gasteiger partial charge in [-0.05, 0) is 39.0 Å². The number of pyridine rings is 1. The van der Waals surface area contributed by atoms with Crippen molar-refractivity contribution in [1.82, 2.24) is 14.8 Å². The van der Waals surface area contributed by atoms with Gasteiger partial charge >= 0.3 is 0 Å². The third-order valence-corrected chi connectivity index (χ3v) is 5.43. The molecule has 1 aliphatic heterocycles. The molecule has 0 unspecified atom stereocenters. The Morgan fingerprint density at radius 1 is 1.28 bits per heavy atom. The molecule has 0 N–H and O–H groups in total.